The van der Waals surface area contributed by atoms with E-state index in [1.165, 1.54) is 12.1 Å². The summed E-state index contributed by atoms with van der Waals surface area (Å²) in [4.78, 5) is 26.7. The molecular formula is C35H44N4O11S. The highest BCUT2D eigenvalue weighted by Crippen LogP contribution is 2.13. The second-order valence-corrected chi connectivity index (χ2v) is 12.2. The smallest absolute Gasteiger partial charge is 0.404 e. The van der Waals surface area contributed by atoms with E-state index in [-0.39, 0.29) is 30.5 Å². The van der Waals surface area contributed by atoms with Crippen molar-refractivity contribution < 1.29 is 51.5 Å². The van der Waals surface area contributed by atoms with Gasteiger partial charge in [-0.3, -0.25) is 9.78 Å². The average Bonchev–Trinajstić information content (AvgIpc) is 3.13. The highest BCUT2D eigenvalue weighted by molar-refractivity contribution is 7.89. The molecule has 0 fully saturated rings. The van der Waals surface area contributed by atoms with E-state index in [1.54, 1.807) is 60.9 Å². The number of carbonyl (C=O) groups is 2. The zero-order chi connectivity index (χ0) is 36.4. The standard InChI is InChI=1S/C35H44N4O11S/c40-34(39-32-11-13-36-14-12-32)31-7-3-30(4-8-31)28-38-51(43,44)33-9-5-29(6-10-33)2-1-16-45-18-20-47-22-24-49-26-27-50-25-23-48-21-19-46-17-15-37-35(41)42/h3-14,37-38H,15-28H2,(H,41,42)(H,36,39,40). The van der Waals surface area contributed by atoms with Crippen LogP contribution in [-0.4, -0.2) is 116 Å². The fourth-order valence-corrected chi connectivity index (χ4v) is 5.00. The molecule has 3 rings (SSSR count). The van der Waals surface area contributed by atoms with Gasteiger partial charge in [-0.1, -0.05) is 24.0 Å². The van der Waals surface area contributed by atoms with E-state index in [0.717, 1.165) is 0 Å². The number of nitrogens with one attached hydrogen (secondary N) is 3. The van der Waals surface area contributed by atoms with E-state index in [0.29, 0.717) is 95.1 Å². The van der Waals surface area contributed by atoms with Gasteiger partial charge in [0.2, 0.25) is 10.0 Å². The van der Waals surface area contributed by atoms with Gasteiger partial charge in [0.25, 0.3) is 5.91 Å². The first-order valence-electron chi connectivity index (χ1n) is 16.2. The van der Waals surface area contributed by atoms with Crippen molar-refractivity contribution in [3.05, 3.63) is 89.7 Å². The van der Waals surface area contributed by atoms with Crippen LogP contribution in [0.1, 0.15) is 21.5 Å². The van der Waals surface area contributed by atoms with Gasteiger partial charge >= 0.3 is 6.09 Å². The summed E-state index contributed by atoms with van der Waals surface area (Å²) in [6, 6.07) is 16.3. The molecule has 1 heterocycles. The van der Waals surface area contributed by atoms with Gasteiger partial charge < -0.3 is 44.2 Å². The van der Waals surface area contributed by atoms with Crippen LogP contribution in [0.3, 0.4) is 0 Å². The number of hydrogen-bond acceptors (Lipinski definition) is 11. The minimum absolute atomic E-state index is 0.0640. The molecule has 3 aromatic rings. The van der Waals surface area contributed by atoms with Crippen LogP contribution in [0.2, 0.25) is 0 Å². The molecule has 0 aliphatic rings. The third-order valence-corrected chi connectivity index (χ3v) is 7.99. The maximum Gasteiger partial charge on any atom is 0.404 e. The molecule has 0 saturated carbocycles. The number of amides is 2. The first kappa shape index (κ1) is 41.0. The Kier molecular flexibility index (Phi) is 19.8. The second kappa shape index (κ2) is 24.7. The fraction of sp³-hybridized carbons (Fsp3) is 0.400. The Morgan fingerprint density at radius 1 is 0.686 bits per heavy atom. The van der Waals surface area contributed by atoms with Crippen molar-refractivity contribution in [1.82, 2.24) is 15.0 Å². The Morgan fingerprint density at radius 3 is 1.76 bits per heavy atom. The number of rotatable bonds is 25. The van der Waals surface area contributed by atoms with E-state index in [9.17, 15) is 18.0 Å². The van der Waals surface area contributed by atoms with Crippen molar-refractivity contribution in [2.45, 2.75) is 11.4 Å². The van der Waals surface area contributed by atoms with Crippen LogP contribution in [0, 0.1) is 11.8 Å². The number of nitrogens with zero attached hydrogens (tertiary/aromatic N) is 1. The topological polar surface area (TPSA) is 193 Å². The predicted octanol–water partition coefficient (Wildman–Crippen LogP) is 2.53. The molecular weight excluding hydrogens is 684 g/mol. The van der Waals surface area contributed by atoms with Gasteiger partial charge in [-0.05, 0) is 54.1 Å². The molecule has 1 aromatic heterocycles. The van der Waals surface area contributed by atoms with Gasteiger partial charge in [0, 0.05) is 42.3 Å². The van der Waals surface area contributed by atoms with Crippen molar-refractivity contribution in [3.63, 3.8) is 0 Å². The van der Waals surface area contributed by atoms with E-state index < -0.39 is 16.1 Å². The van der Waals surface area contributed by atoms with Gasteiger partial charge in [0.1, 0.15) is 6.61 Å². The SMILES string of the molecule is O=C(O)NCCOCCOCCOCCOCCOCCOCC#Cc1ccc(S(=O)(=O)NCc2ccc(C(=O)Nc3ccncc3)cc2)cc1. The Balaban J connectivity index is 1.16. The van der Waals surface area contributed by atoms with Crippen LogP contribution in [0.25, 0.3) is 0 Å². The molecule has 0 spiro atoms. The molecule has 0 atom stereocenters. The minimum atomic E-state index is -3.76. The lowest BCUT2D eigenvalue weighted by molar-refractivity contribution is -0.0153. The number of anilines is 1. The maximum atomic E-state index is 12.8. The van der Waals surface area contributed by atoms with Gasteiger partial charge in [-0.2, -0.15) is 0 Å². The largest absolute Gasteiger partial charge is 0.465 e. The van der Waals surface area contributed by atoms with Gasteiger partial charge in [-0.15, -0.1) is 0 Å². The number of benzene rings is 2. The number of carbonyl (C=O) groups excluding carboxylic acids is 1. The van der Waals surface area contributed by atoms with Crippen molar-refractivity contribution in [3.8, 4) is 11.8 Å². The first-order chi connectivity index (χ1) is 24.8. The number of hydrogen-bond donors (Lipinski definition) is 4. The molecule has 2 aromatic carbocycles. The first-order valence-corrected chi connectivity index (χ1v) is 17.6. The summed E-state index contributed by atoms with van der Waals surface area (Å²) in [6.45, 7) is 4.92. The minimum Gasteiger partial charge on any atom is -0.465 e. The molecule has 4 N–H and O–H groups in total. The van der Waals surface area contributed by atoms with Crippen molar-refractivity contribution >= 4 is 27.7 Å². The molecule has 0 aliphatic heterocycles. The Labute approximate surface area is 298 Å². The summed E-state index contributed by atoms with van der Waals surface area (Å²) in [5.74, 6) is 5.56. The lowest BCUT2D eigenvalue weighted by Crippen LogP contribution is -2.25. The van der Waals surface area contributed by atoms with E-state index in [4.69, 9.17) is 33.5 Å². The quantitative estimate of drug-likeness (QED) is 0.0738. The van der Waals surface area contributed by atoms with Crippen LogP contribution in [0.4, 0.5) is 10.5 Å². The number of ether oxygens (including phenoxy) is 6. The fourth-order valence-electron chi connectivity index (χ4n) is 3.98. The summed E-state index contributed by atoms with van der Waals surface area (Å²) in [5.41, 5.74) is 2.43. The number of aromatic nitrogens is 1. The Bertz CT molecular complexity index is 1600. The molecule has 15 nitrogen and oxygen atoms in total. The van der Waals surface area contributed by atoms with Gasteiger partial charge in [-0.25, -0.2) is 17.9 Å². The van der Waals surface area contributed by atoms with Crippen LogP contribution < -0.4 is 15.4 Å². The zero-order valence-corrected chi connectivity index (χ0v) is 29.0. The molecule has 16 heteroatoms. The van der Waals surface area contributed by atoms with Crippen LogP contribution >= 0.6 is 0 Å². The molecule has 2 amide bonds. The van der Waals surface area contributed by atoms with E-state index in [1.807, 2.05) is 0 Å². The average molecular weight is 729 g/mol. The second-order valence-electron chi connectivity index (χ2n) is 10.4. The van der Waals surface area contributed by atoms with Crippen LogP contribution in [-0.2, 0) is 45.0 Å². The van der Waals surface area contributed by atoms with Crippen LogP contribution in [0.15, 0.2) is 78.0 Å². The highest BCUT2D eigenvalue weighted by atomic mass is 32.2. The lowest BCUT2D eigenvalue weighted by Gasteiger charge is -2.08. The Morgan fingerprint density at radius 2 is 1.22 bits per heavy atom. The van der Waals surface area contributed by atoms with E-state index in [2.05, 4.69) is 32.2 Å². The summed E-state index contributed by atoms with van der Waals surface area (Å²) < 4.78 is 60.4. The third-order valence-electron chi connectivity index (χ3n) is 6.57. The predicted molar refractivity (Wildman–Crippen MR) is 187 cm³/mol. The van der Waals surface area contributed by atoms with Crippen molar-refractivity contribution in [2.75, 3.05) is 91.1 Å². The van der Waals surface area contributed by atoms with Crippen molar-refractivity contribution in [2.24, 2.45) is 0 Å². The number of pyridine rings is 1. The number of carboxylic acid groups (broad SMARTS) is 1. The molecule has 0 unspecified atom stereocenters. The third kappa shape index (κ3) is 18.4. The van der Waals surface area contributed by atoms with Gasteiger partial charge in [0.05, 0.1) is 77.6 Å². The molecule has 276 valence electrons. The summed E-state index contributed by atoms with van der Waals surface area (Å²) in [5, 5.41) is 13.4. The molecule has 51 heavy (non-hydrogen) atoms. The summed E-state index contributed by atoms with van der Waals surface area (Å²) >= 11 is 0. The molecule has 0 radical (unpaired) electrons. The molecule has 0 bridgehead atoms. The summed E-state index contributed by atoms with van der Waals surface area (Å²) in [7, 11) is -3.76. The molecule has 0 saturated heterocycles. The monoisotopic (exact) mass is 728 g/mol. The van der Waals surface area contributed by atoms with Crippen LogP contribution in [0.5, 0.6) is 0 Å². The lowest BCUT2D eigenvalue weighted by atomic mass is 10.1. The van der Waals surface area contributed by atoms with Gasteiger partial charge in [0.15, 0.2) is 0 Å². The highest BCUT2D eigenvalue weighted by Gasteiger charge is 2.14. The van der Waals surface area contributed by atoms with E-state index >= 15 is 0 Å². The Hall–Kier alpha value is -4.44. The van der Waals surface area contributed by atoms with Crippen molar-refractivity contribution in [1.29, 1.82) is 0 Å². The maximum absolute atomic E-state index is 12.8. The summed E-state index contributed by atoms with van der Waals surface area (Å²) in [6.07, 6.45) is 2.09. The molecule has 0 aliphatic carbocycles. The number of sulfonamides is 1. The zero-order valence-electron chi connectivity index (χ0n) is 28.2. The normalized spacial score (nSPS) is 11.1.